The van der Waals surface area contributed by atoms with Crippen molar-refractivity contribution >= 4 is 16.1 Å². The monoisotopic (exact) mass is 167 g/mol. The molecule has 0 saturated carbocycles. The molecular weight excluding hydrogens is 158 g/mol. The number of hydrogen-bond acceptors (Lipinski definition) is 3. The van der Waals surface area contributed by atoms with Crippen molar-refractivity contribution in [1.29, 1.82) is 0 Å². The Labute approximate surface area is 51.8 Å². The van der Waals surface area contributed by atoms with Crippen LogP contribution in [0.5, 0.6) is 0 Å². The van der Waals surface area contributed by atoms with Crippen LogP contribution in [0.4, 0.5) is 0 Å². The Morgan fingerprint density at radius 2 is 2.14 bits per heavy atom. The number of hydrogen-bond donors (Lipinski definition) is 3. The molecule has 0 atom stereocenters. The highest BCUT2D eigenvalue weighted by atomic mass is 79.9. The maximum atomic E-state index is 5.20. The number of rotatable bonds is 3. The molecule has 0 aromatic carbocycles. The van der Waals surface area contributed by atoms with E-state index in [0.29, 0.717) is 0 Å². The van der Waals surface area contributed by atoms with Gasteiger partial charge in [0.1, 0.15) is 0 Å². The van der Waals surface area contributed by atoms with Gasteiger partial charge in [0, 0.05) is 22.7 Å². The zero-order valence-corrected chi connectivity index (χ0v) is 5.61. The van der Waals surface area contributed by atoms with Crippen LogP contribution in [0, 0.1) is 0 Å². The Kier molecular flexibility index (Phi) is 4.75. The molecule has 0 bridgehead atoms. The van der Waals surface area contributed by atoms with Gasteiger partial charge in [0.15, 0.2) is 0 Å². The topological polar surface area (TPSA) is 64.1 Å². The fraction of sp³-hybridized carbons (Fsp3) is 1.00. The molecule has 0 amide bonds. The van der Waals surface area contributed by atoms with Crippen molar-refractivity contribution in [3.63, 3.8) is 0 Å². The van der Waals surface area contributed by atoms with Crippen molar-refractivity contribution < 1.29 is 0 Å². The Bertz CT molecular complexity index is 39.2. The summed E-state index contributed by atoms with van der Waals surface area (Å²) in [5, 5.41) is 0. The average Bonchev–Trinajstić information content (AvgIpc) is 1.61. The summed E-state index contributed by atoms with van der Waals surface area (Å²) in [4.78, 5) is 0. The van der Waals surface area contributed by atoms with E-state index in [1.807, 2.05) is 0 Å². The second kappa shape index (κ2) is 4.52. The number of halogens is 1. The lowest BCUT2D eigenvalue weighted by Crippen LogP contribution is -2.32. The third kappa shape index (κ3) is 6.36. The zero-order chi connectivity index (χ0) is 5.70. The summed E-state index contributed by atoms with van der Waals surface area (Å²) in [6.45, 7) is 0.817. The second-order valence-corrected chi connectivity index (χ2v) is 1.90. The van der Waals surface area contributed by atoms with Gasteiger partial charge in [0.2, 0.25) is 0 Å². The lowest BCUT2D eigenvalue weighted by atomic mass is 10.4. The molecule has 44 valence electrons. The standard InChI is InChI=1S/C3H10BrN3/c4-7-2-1-3(5)6/h3,7H,1-2,5-6H2. The quantitative estimate of drug-likeness (QED) is 0.394. The summed E-state index contributed by atoms with van der Waals surface area (Å²) >= 11 is 3.02. The lowest BCUT2D eigenvalue weighted by molar-refractivity contribution is 0.638. The van der Waals surface area contributed by atoms with Gasteiger partial charge in [-0.25, -0.2) is 0 Å². The van der Waals surface area contributed by atoms with Crippen LogP contribution >= 0.6 is 16.1 Å². The van der Waals surface area contributed by atoms with E-state index in [1.54, 1.807) is 0 Å². The highest BCUT2D eigenvalue weighted by Crippen LogP contribution is 1.76. The molecule has 0 unspecified atom stereocenters. The van der Waals surface area contributed by atoms with Gasteiger partial charge in [-0.2, -0.15) is 0 Å². The van der Waals surface area contributed by atoms with Gasteiger partial charge >= 0.3 is 0 Å². The molecule has 0 aliphatic rings. The predicted octanol–water partition coefficient (Wildman–Crippen LogP) is -0.481. The van der Waals surface area contributed by atoms with Gasteiger partial charge in [-0.15, -0.1) is 0 Å². The minimum Gasteiger partial charge on any atom is -0.316 e. The van der Waals surface area contributed by atoms with Crippen LogP contribution in [0.3, 0.4) is 0 Å². The van der Waals surface area contributed by atoms with Gasteiger partial charge in [0.25, 0.3) is 0 Å². The van der Waals surface area contributed by atoms with Crippen molar-refractivity contribution in [2.45, 2.75) is 12.6 Å². The molecule has 7 heavy (non-hydrogen) atoms. The van der Waals surface area contributed by atoms with E-state index in [4.69, 9.17) is 11.5 Å². The Morgan fingerprint density at radius 1 is 1.57 bits per heavy atom. The number of nitrogens with two attached hydrogens (primary N) is 2. The molecule has 0 rings (SSSR count). The van der Waals surface area contributed by atoms with Crippen LogP contribution in [0.15, 0.2) is 0 Å². The predicted molar refractivity (Wildman–Crippen MR) is 33.7 cm³/mol. The van der Waals surface area contributed by atoms with Gasteiger partial charge in [-0.05, 0) is 6.42 Å². The highest BCUT2D eigenvalue weighted by Gasteiger charge is 1.88. The third-order valence-corrected chi connectivity index (χ3v) is 0.969. The van der Waals surface area contributed by atoms with Crippen molar-refractivity contribution in [2.24, 2.45) is 11.5 Å². The smallest absolute Gasteiger partial charge is 0.0533 e. The third-order valence-electron chi connectivity index (χ3n) is 0.572. The fourth-order valence-electron chi connectivity index (χ4n) is 0.221. The van der Waals surface area contributed by atoms with E-state index in [1.165, 1.54) is 0 Å². The Morgan fingerprint density at radius 3 is 2.29 bits per heavy atom. The molecule has 0 aliphatic heterocycles. The van der Waals surface area contributed by atoms with E-state index in [2.05, 4.69) is 20.5 Å². The average molecular weight is 168 g/mol. The van der Waals surface area contributed by atoms with Crippen molar-refractivity contribution in [2.75, 3.05) is 6.54 Å². The molecule has 3 nitrogen and oxygen atoms in total. The normalized spacial score (nSPS) is 10.3. The lowest BCUT2D eigenvalue weighted by Gasteiger charge is -2.00. The van der Waals surface area contributed by atoms with Gasteiger partial charge in [0.05, 0.1) is 6.17 Å². The van der Waals surface area contributed by atoms with E-state index < -0.39 is 0 Å². The largest absolute Gasteiger partial charge is 0.316 e. The molecule has 0 heterocycles. The summed E-state index contributed by atoms with van der Waals surface area (Å²) in [6.07, 6.45) is 0.607. The highest BCUT2D eigenvalue weighted by molar-refractivity contribution is 9.08. The molecule has 4 heteroatoms. The first-order valence-corrected chi connectivity index (χ1v) is 2.91. The molecule has 0 saturated heterocycles. The SMILES string of the molecule is NC(N)CCNBr. The van der Waals surface area contributed by atoms with E-state index in [0.717, 1.165) is 13.0 Å². The van der Waals surface area contributed by atoms with E-state index >= 15 is 0 Å². The van der Waals surface area contributed by atoms with Crippen molar-refractivity contribution in [3.8, 4) is 0 Å². The molecule has 0 aliphatic carbocycles. The molecule has 0 aromatic rings. The van der Waals surface area contributed by atoms with Crippen LogP contribution < -0.4 is 15.8 Å². The van der Waals surface area contributed by atoms with Crippen LogP contribution in [0.1, 0.15) is 6.42 Å². The zero-order valence-electron chi connectivity index (χ0n) is 4.02. The molecule has 0 spiro atoms. The van der Waals surface area contributed by atoms with Gasteiger partial charge in [-0.1, -0.05) is 0 Å². The summed E-state index contributed by atoms with van der Waals surface area (Å²) in [5.74, 6) is 0. The van der Waals surface area contributed by atoms with Crippen molar-refractivity contribution in [3.05, 3.63) is 0 Å². The maximum Gasteiger partial charge on any atom is 0.0533 e. The van der Waals surface area contributed by atoms with E-state index in [9.17, 15) is 0 Å². The van der Waals surface area contributed by atoms with Crippen LogP contribution in [-0.2, 0) is 0 Å². The molecule has 0 aromatic heterocycles. The van der Waals surface area contributed by atoms with Crippen LogP contribution in [0.2, 0.25) is 0 Å². The van der Waals surface area contributed by atoms with Crippen LogP contribution in [-0.4, -0.2) is 12.7 Å². The second-order valence-electron chi connectivity index (χ2n) is 1.34. The molecule has 0 fully saturated rings. The first-order chi connectivity index (χ1) is 3.27. The molecular formula is C3H10BrN3. The number of nitrogens with one attached hydrogen (secondary N) is 1. The fourth-order valence-corrected chi connectivity index (χ4v) is 0.450. The van der Waals surface area contributed by atoms with Gasteiger partial charge < -0.3 is 11.5 Å². The van der Waals surface area contributed by atoms with E-state index in [-0.39, 0.29) is 6.17 Å². The summed E-state index contributed by atoms with van der Waals surface area (Å²) in [5.41, 5.74) is 10.4. The summed E-state index contributed by atoms with van der Waals surface area (Å²) < 4.78 is 2.75. The Balaban J connectivity index is 2.68. The minimum absolute atomic E-state index is 0.190. The first-order valence-electron chi connectivity index (χ1n) is 2.12. The van der Waals surface area contributed by atoms with Crippen LogP contribution in [0.25, 0.3) is 0 Å². The summed E-state index contributed by atoms with van der Waals surface area (Å²) in [7, 11) is 0. The minimum atomic E-state index is -0.190. The molecule has 0 radical (unpaired) electrons. The van der Waals surface area contributed by atoms with Crippen molar-refractivity contribution in [1.82, 2.24) is 4.34 Å². The first kappa shape index (κ1) is 7.36. The Hall–Kier alpha value is 0.360. The maximum absolute atomic E-state index is 5.20. The van der Waals surface area contributed by atoms with Gasteiger partial charge in [-0.3, -0.25) is 4.34 Å². The molecule has 5 N–H and O–H groups in total. The summed E-state index contributed by atoms with van der Waals surface area (Å²) in [6, 6.07) is 0.